The monoisotopic (exact) mass is 253 g/mol. The van der Waals surface area contributed by atoms with E-state index in [9.17, 15) is 4.79 Å². The molecule has 0 amide bonds. The van der Waals surface area contributed by atoms with Crippen LogP contribution in [-0.4, -0.2) is 25.2 Å². The second-order valence-electron chi connectivity index (χ2n) is 4.82. The van der Waals surface area contributed by atoms with Gasteiger partial charge in [0.05, 0.1) is 6.26 Å². The van der Waals surface area contributed by atoms with E-state index in [0.29, 0.717) is 12.5 Å². The molecule has 0 aliphatic rings. The first kappa shape index (κ1) is 14.8. The summed E-state index contributed by atoms with van der Waals surface area (Å²) in [5, 5.41) is 3.39. The Kier molecular flexibility index (Phi) is 6.50. The van der Waals surface area contributed by atoms with Crippen LogP contribution in [0.1, 0.15) is 44.2 Å². The summed E-state index contributed by atoms with van der Waals surface area (Å²) in [7, 11) is 0. The molecule has 0 radical (unpaired) electrons. The first-order valence-corrected chi connectivity index (χ1v) is 6.57. The summed E-state index contributed by atoms with van der Waals surface area (Å²) < 4.78 is 10.2. The van der Waals surface area contributed by atoms with Crippen LogP contribution in [0.25, 0.3) is 0 Å². The van der Waals surface area contributed by atoms with Crippen molar-refractivity contribution in [2.24, 2.45) is 5.92 Å². The minimum Gasteiger partial charge on any atom is -0.458 e. The van der Waals surface area contributed by atoms with E-state index in [0.717, 1.165) is 19.4 Å². The summed E-state index contributed by atoms with van der Waals surface area (Å²) in [6.45, 7) is 7.80. The number of carbonyl (C=O) groups excluding carboxylic acids is 1. The van der Waals surface area contributed by atoms with Gasteiger partial charge in [-0.1, -0.05) is 20.8 Å². The van der Waals surface area contributed by atoms with Gasteiger partial charge in [0.1, 0.15) is 6.61 Å². The van der Waals surface area contributed by atoms with Crippen LogP contribution >= 0.6 is 0 Å². The second-order valence-corrected chi connectivity index (χ2v) is 4.82. The summed E-state index contributed by atoms with van der Waals surface area (Å²) in [5.41, 5.74) is 0. The Balaban J connectivity index is 2.24. The number of carbonyl (C=O) groups is 1. The molecule has 1 N–H and O–H groups in total. The third-order valence-electron chi connectivity index (χ3n) is 2.79. The quantitative estimate of drug-likeness (QED) is 0.724. The highest BCUT2D eigenvalue weighted by Crippen LogP contribution is 2.04. The fourth-order valence-electron chi connectivity index (χ4n) is 1.54. The average molecular weight is 253 g/mol. The molecule has 4 nitrogen and oxygen atoms in total. The van der Waals surface area contributed by atoms with Gasteiger partial charge in [-0.05, 0) is 37.4 Å². The van der Waals surface area contributed by atoms with Crippen LogP contribution in [0.4, 0.5) is 0 Å². The molecule has 0 aliphatic heterocycles. The zero-order valence-electron chi connectivity index (χ0n) is 11.4. The van der Waals surface area contributed by atoms with Crippen molar-refractivity contribution in [3.8, 4) is 0 Å². The normalized spacial score (nSPS) is 12.7. The molecule has 4 heteroatoms. The summed E-state index contributed by atoms with van der Waals surface area (Å²) in [4.78, 5) is 11.6. The standard InChI is InChI=1S/C14H23NO3/c1-4-12(15-8-7-11(2)3)10-18-14(16)13-6-5-9-17-13/h5-6,9,11-12,15H,4,7-8,10H2,1-3H3. The molecule has 1 heterocycles. The molecule has 18 heavy (non-hydrogen) atoms. The summed E-state index contributed by atoms with van der Waals surface area (Å²) >= 11 is 0. The molecule has 0 saturated carbocycles. The number of hydrogen-bond acceptors (Lipinski definition) is 4. The van der Waals surface area contributed by atoms with Crippen molar-refractivity contribution in [2.75, 3.05) is 13.2 Å². The molecule has 0 spiro atoms. The van der Waals surface area contributed by atoms with Crippen LogP contribution in [0.5, 0.6) is 0 Å². The molecule has 0 aromatic carbocycles. The van der Waals surface area contributed by atoms with Gasteiger partial charge in [-0.25, -0.2) is 4.79 Å². The van der Waals surface area contributed by atoms with Crippen molar-refractivity contribution in [2.45, 2.75) is 39.7 Å². The van der Waals surface area contributed by atoms with Crippen LogP contribution in [0.2, 0.25) is 0 Å². The van der Waals surface area contributed by atoms with Crippen molar-refractivity contribution < 1.29 is 13.9 Å². The largest absolute Gasteiger partial charge is 0.458 e. The van der Waals surface area contributed by atoms with Gasteiger partial charge in [-0.3, -0.25) is 0 Å². The first-order chi connectivity index (χ1) is 8.63. The number of ether oxygens (including phenoxy) is 1. The molecule has 0 bridgehead atoms. The molecular formula is C14H23NO3. The highest BCUT2D eigenvalue weighted by atomic mass is 16.5. The molecule has 0 saturated heterocycles. The number of hydrogen-bond donors (Lipinski definition) is 1. The van der Waals surface area contributed by atoms with Crippen molar-refractivity contribution in [3.05, 3.63) is 24.2 Å². The molecular weight excluding hydrogens is 230 g/mol. The lowest BCUT2D eigenvalue weighted by Gasteiger charge is -2.17. The Hall–Kier alpha value is -1.29. The number of furan rings is 1. The molecule has 1 unspecified atom stereocenters. The molecule has 1 aromatic heterocycles. The lowest BCUT2D eigenvalue weighted by molar-refractivity contribution is 0.0426. The van der Waals surface area contributed by atoms with Crippen LogP contribution < -0.4 is 5.32 Å². The van der Waals surface area contributed by atoms with Crippen LogP contribution in [-0.2, 0) is 4.74 Å². The third kappa shape index (κ3) is 5.36. The van der Waals surface area contributed by atoms with E-state index >= 15 is 0 Å². The molecule has 0 aliphatic carbocycles. The maximum Gasteiger partial charge on any atom is 0.374 e. The zero-order chi connectivity index (χ0) is 13.4. The van der Waals surface area contributed by atoms with E-state index in [4.69, 9.17) is 9.15 Å². The topological polar surface area (TPSA) is 51.5 Å². The Labute approximate surface area is 109 Å². The van der Waals surface area contributed by atoms with Crippen molar-refractivity contribution >= 4 is 5.97 Å². The Morgan fingerprint density at radius 3 is 2.83 bits per heavy atom. The van der Waals surface area contributed by atoms with Gasteiger partial charge in [0.15, 0.2) is 0 Å². The predicted octanol–water partition coefficient (Wildman–Crippen LogP) is 2.85. The molecule has 1 aromatic rings. The maximum absolute atomic E-state index is 11.6. The number of nitrogens with one attached hydrogen (secondary N) is 1. The number of rotatable bonds is 8. The van der Waals surface area contributed by atoms with E-state index in [-0.39, 0.29) is 11.8 Å². The van der Waals surface area contributed by atoms with Crippen LogP contribution in [0.3, 0.4) is 0 Å². The zero-order valence-corrected chi connectivity index (χ0v) is 11.4. The van der Waals surface area contributed by atoms with Gasteiger partial charge in [0.25, 0.3) is 0 Å². The van der Waals surface area contributed by atoms with Crippen molar-refractivity contribution in [1.82, 2.24) is 5.32 Å². The third-order valence-corrected chi connectivity index (χ3v) is 2.79. The molecule has 1 atom stereocenters. The van der Waals surface area contributed by atoms with Gasteiger partial charge < -0.3 is 14.5 Å². The Morgan fingerprint density at radius 1 is 1.50 bits per heavy atom. The summed E-state index contributed by atoms with van der Waals surface area (Å²) in [6.07, 6.45) is 3.53. The van der Waals surface area contributed by atoms with Gasteiger partial charge in [-0.15, -0.1) is 0 Å². The van der Waals surface area contributed by atoms with Crippen LogP contribution in [0.15, 0.2) is 22.8 Å². The summed E-state index contributed by atoms with van der Waals surface area (Å²) in [6, 6.07) is 3.49. The van der Waals surface area contributed by atoms with E-state index < -0.39 is 5.97 Å². The molecule has 0 fully saturated rings. The van der Waals surface area contributed by atoms with Gasteiger partial charge in [-0.2, -0.15) is 0 Å². The van der Waals surface area contributed by atoms with E-state index in [1.807, 2.05) is 0 Å². The Bertz CT molecular complexity index is 333. The highest BCUT2D eigenvalue weighted by molar-refractivity contribution is 5.86. The summed E-state index contributed by atoms with van der Waals surface area (Å²) in [5.74, 6) is 0.539. The van der Waals surface area contributed by atoms with Gasteiger partial charge >= 0.3 is 5.97 Å². The second kappa shape index (κ2) is 7.93. The Morgan fingerprint density at radius 2 is 2.28 bits per heavy atom. The van der Waals surface area contributed by atoms with Gasteiger partial charge in [0, 0.05) is 6.04 Å². The highest BCUT2D eigenvalue weighted by Gasteiger charge is 2.13. The SMILES string of the molecule is CCC(COC(=O)c1ccco1)NCCC(C)C. The fourth-order valence-corrected chi connectivity index (χ4v) is 1.54. The molecule has 102 valence electrons. The lowest BCUT2D eigenvalue weighted by atomic mass is 10.1. The minimum absolute atomic E-state index is 0.211. The van der Waals surface area contributed by atoms with Gasteiger partial charge in [0.2, 0.25) is 5.76 Å². The lowest BCUT2D eigenvalue weighted by Crippen LogP contribution is -2.34. The smallest absolute Gasteiger partial charge is 0.374 e. The van der Waals surface area contributed by atoms with E-state index in [2.05, 4.69) is 26.1 Å². The van der Waals surface area contributed by atoms with E-state index in [1.54, 1.807) is 12.1 Å². The van der Waals surface area contributed by atoms with Crippen LogP contribution in [0, 0.1) is 5.92 Å². The van der Waals surface area contributed by atoms with Crippen molar-refractivity contribution in [3.63, 3.8) is 0 Å². The molecule has 1 rings (SSSR count). The fraction of sp³-hybridized carbons (Fsp3) is 0.643. The predicted molar refractivity (Wildman–Crippen MR) is 70.5 cm³/mol. The maximum atomic E-state index is 11.6. The first-order valence-electron chi connectivity index (χ1n) is 6.57. The minimum atomic E-state index is -0.399. The average Bonchev–Trinajstić information content (AvgIpc) is 2.86. The van der Waals surface area contributed by atoms with Crippen molar-refractivity contribution in [1.29, 1.82) is 0 Å². The number of esters is 1. The van der Waals surface area contributed by atoms with E-state index in [1.165, 1.54) is 6.26 Å².